The lowest BCUT2D eigenvalue weighted by molar-refractivity contribution is -0.0290. The predicted molar refractivity (Wildman–Crippen MR) is 77.6 cm³/mol. The third-order valence-electron chi connectivity index (χ3n) is 3.04. The molecular weight excluding hydrogens is 284 g/mol. The number of nitrogens with two attached hydrogens (primary N) is 1. The molecule has 0 amide bonds. The summed E-state index contributed by atoms with van der Waals surface area (Å²) < 4.78 is 0. The van der Waals surface area contributed by atoms with E-state index in [0.29, 0.717) is 16.8 Å². The fourth-order valence-electron chi connectivity index (χ4n) is 2.04. The van der Waals surface area contributed by atoms with Crippen molar-refractivity contribution in [3.63, 3.8) is 0 Å². The summed E-state index contributed by atoms with van der Waals surface area (Å²) in [4.78, 5) is 11.7. The van der Waals surface area contributed by atoms with Gasteiger partial charge in [0.25, 0.3) is 0 Å². The molecule has 1 aromatic rings. The van der Waals surface area contributed by atoms with Gasteiger partial charge in [-0.05, 0) is 23.2 Å². The summed E-state index contributed by atoms with van der Waals surface area (Å²) in [6.45, 7) is 0. The maximum Gasteiger partial charge on any atom is 0.407 e. The van der Waals surface area contributed by atoms with Crippen molar-refractivity contribution in [3.8, 4) is 0 Å². The van der Waals surface area contributed by atoms with E-state index < -0.39 is 6.04 Å². The zero-order chi connectivity index (χ0) is 16.1. The number of allylic oxidation sites excluding steroid dienone is 1. The van der Waals surface area contributed by atoms with Crippen LogP contribution in [0.25, 0.3) is 32.6 Å². The highest BCUT2D eigenvalue weighted by Crippen LogP contribution is 2.23. The van der Waals surface area contributed by atoms with E-state index in [4.69, 9.17) is 22.3 Å². The molecule has 0 heterocycles. The molecule has 0 radical (unpaired) electrons. The molecule has 0 saturated carbocycles. The maximum atomic E-state index is 9.22. The zero-order valence-electron chi connectivity index (χ0n) is 11.1. The van der Waals surface area contributed by atoms with Crippen molar-refractivity contribution < 1.29 is 14.4 Å². The molecule has 0 fully saturated rings. The number of benzene rings is 1. The number of nitrogen functional groups attached to an aromatic ring is 1. The van der Waals surface area contributed by atoms with Gasteiger partial charge < -0.3 is 22.3 Å². The molecule has 10 heteroatoms. The van der Waals surface area contributed by atoms with Crippen LogP contribution >= 0.6 is 0 Å². The largest absolute Gasteiger partial charge is 0.407 e. The van der Waals surface area contributed by atoms with Crippen molar-refractivity contribution in [2.24, 2.45) is 5.11 Å². The lowest BCUT2D eigenvalue weighted by atomic mass is 9.86. The molecule has 1 atom stereocenters. The highest BCUT2D eigenvalue weighted by Gasteiger charge is 2.49. The second kappa shape index (κ2) is 6.11. The number of hydrogen-bond acceptors (Lipinski definition) is 2. The standard InChI is InChI=1S/C12H8N10/c13-7-3-1-6(2-4-7)8-5-9(18-14)11(21-22-17)12(20-16)10(8)19-15/h1-5,11H,13H2. The van der Waals surface area contributed by atoms with Crippen molar-refractivity contribution in [2.45, 2.75) is 6.04 Å². The smallest absolute Gasteiger partial charge is 0.399 e. The van der Waals surface area contributed by atoms with E-state index in [1.807, 2.05) is 0 Å². The van der Waals surface area contributed by atoms with Crippen LogP contribution < -0.4 is 5.73 Å². The van der Waals surface area contributed by atoms with Crippen LogP contribution in [0.5, 0.6) is 0 Å². The number of rotatable bonds is 2. The van der Waals surface area contributed by atoms with Crippen LogP contribution in [-0.4, -0.2) is 37.5 Å². The van der Waals surface area contributed by atoms with Gasteiger partial charge in [-0.15, -0.1) is 0 Å². The molecule has 0 aliphatic heterocycles. The monoisotopic (exact) mass is 292 g/mol. The van der Waals surface area contributed by atoms with Gasteiger partial charge in [-0.25, -0.2) is 0 Å². The van der Waals surface area contributed by atoms with Gasteiger partial charge in [0.05, 0.1) is 5.57 Å². The highest BCUT2D eigenvalue weighted by molar-refractivity contribution is 6.61. The molecule has 0 saturated heterocycles. The number of azide groups is 1. The Bertz CT molecular complexity index is 852. The summed E-state index contributed by atoms with van der Waals surface area (Å²) in [7, 11) is 0. The first kappa shape index (κ1) is 14.6. The van der Waals surface area contributed by atoms with E-state index in [1.165, 1.54) is 6.08 Å². The quantitative estimate of drug-likeness (QED) is 0.367. The van der Waals surface area contributed by atoms with Gasteiger partial charge >= 0.3 is 17.1 Å². The van der Waals surface area contributed by atoms with Crippen molar-refractivity contribution in [3.05, 3.63) is 62.9 Å². The molecule has 10 nitrogen and oxygen atoms in total. The number of hydrogen-bond donors (Lipinski definition) is 1. The van der Waals surface area contributed by atoms with E-state index in [-0.39, 0.29) is 17.1 Å². The van der Waals surface area contributed by atoms with E-state index >= 15 is 0 Å². The molecule has 0 bridgehead atoms. The minimum atomic E-state index is -1.22. The lowest BCUT2D eigenvalue weighted by Gasteiger charge is -2.08. The summed E-state index contributed by atoms with van der Waals surface area (Å²) in [5.41, 5.74) is 42.6. The summed E-state index contributed by atoms with van der Waals surface area (Å²) in [5, 5.41) is 3.37. The van der Waals surface area contributed by atoms with Crippen LogP contribution in [0.3, 0.4) is 0 Å². The normalized spacial score (nSPS) is 16.8. The molecule has 2 rings (SSSR count). The number of anilines is 1. The van der Waals surface area contributed by atoms with Gasteiger partial charge in [-0.2, -0.15) is 14.4 Å². The topological polar surface area (TPSA) is 184 Å². The second-order valence-corrected chi connectivity index (χ2v) is 4.25. The average molecular weight is 292 g/mol. The Labute approximate surface area is 123 Å². The molecular formula is C12H8N10. The van der Waals surface area contributed by atoms with Crippen molar-refractivity contribution in [1.29, 1.82) is 0 Å². The molecule has 0 aromatic heterocycles. The van der Waals surface area contributed by atoms with Crippen LogP contribution in [0.4, 0.5) is 5.69 Å². The molecule has 2 N–H and O–H groups in total. The van der Waals surface area contributed by atoms with E-state index in [0.717, 1.165) is 0 Å². The van der Waals surface area contributed by atoms with Crippen molar-refractivity contribution in [1.82, 2.24) is 0 Å². The molecule has 1 unspecified atom stereocenters. The molecule has 0 spiro atoms. The van der Waals surface area contributed by atoms with Crippen LogP contribution in [-0.2, 0) is 0 Å². The Morgan fingerprint density at radius 1 is 0.955 bits per heavy atom. The van der Waals surface area contributed by atoms with E-state index in [2.05, 4.69) is 24.4 Å². The SMILES string of the molecule is [N-]=[N+]=NC1C(=[N+]=[N-])C=C(c2ccc(N)cc2)C(=[N+]=[N-])C1=[N+]=[N-]. The first-order valence-corrected chi connectivity index (χ1v) is 5.94. The Kier molecular flexibility index (Phi) is 4.06. The van der Waals surface area contributed by atoms with Gasteiger partial charge in [0.1, 0.15) is 0 Å². The Morgan fingerprint density at radius 2 is 1.64 bits per heavy atom. The first-order chi connectivity index (χ1) is 10.7. The van der Waals surface area contributed by atoms with Crippen LogP contribution in [0.2, 0.25) is 0 Å². The third kappa shape index (κ3) is 2.44. The van der Waals surface area contributed by atoms with Gasteiger partial charge in [0.15, 0.2) is 0 Å². The van der Waals surface area contributed by atoms with E-state index in [9.17, 15) is 5.53 Å². The second-order valence-electron chi connectivity index (χ2n) is 4.25. The maximum absolute atomic E-state index is 9.22. The average Bonchev–Trinajstić information content (AvgIpc) is 2.55. The molecule has 1 aromatic carbocycles. The van der Waals surface area contributed by atoms with Gasteiger partial charge in [0.2, 0.25) is 6.04 Å². The Hall–Kier alpha value is -3.79. The highest BCUT2D eigenvalue weighted by atomic mass is 15.2. The Morgan fingerprint density at radius 3 is 2.14 bits per heavy atom. The first-order valence-electron chi connectivity index (χ1n) is 5.94. The van der Waals surface area contributed by atoms with Crippen molar-refractivity contribution in [2.75, 3.05) is 5.73 Å². The summed E-state index contributed by atoms with van der Waals surface area (Å²) in [6.07, 6.45) is 1.36. The van der Waals surface area contributed by atoms with Gasteiger partial charge in [0, 0.05) is 16.7 Å². The minimum absolute atomic E-state index is 0.0650. The van der Waals surface area contributed by atoms with E-state index in [1.54, 1.807) is 24.3 Å². The molecule has 22 heavy (non-hydrogen) atoms. The molecule has 1 aliphatic carbocycles. The van der Waals surface area contributed by atoms with Crippen molar-refractivity contribution >= 4 is 28.4 Å². The predicted octanol–water partition coefficient (Wildman–Crippen LogP) is 1.36. The molecule has 1 aliphatic rings. The summed E-state index contributed by atoms with van der Waals surface area (Å²) >= 11 is 0. The summed E-state index contributed by atoms with van der Waals surface area (Å²) in [5.74, 6) is 0. The molecule has 106 valence electrons. The minimum Gasteiger partial charge on any atom is -0.399 e. The van der Waals surface area contributed by atoms with Crippen LogP contribution in [0.1, 0.15) is 5.56 Å². The number of nitrogens with zero attached hydrogens (tertiary/aromatic N) is 9. The van der Waals surface area contributed by atoms with Gasteiger partial charge in [-0.1, -0.05) is 17.2 Å². The third-order valence-corrected chi connectivity index (χ3v) is 3.04. The fraction of sp³-hybridized carbons (Fsp3) is 0.0833. The van der Waals surface area contributed by atoms with Gasteiger partial charge in [-0.3, -0.25) is 0 Å². The Balaban J connectivity index is 2.76. The fourth-order valence-corrected chi connectivity index (χ4v) is 2.04. The zero-order valence-corrected chi connectivity index (χ0v) is 11.1. The summed E-state index contributed by atoms with van der Waals surface area (Å²) in [6, 6.07) is 5.31. The lowest BCUT2D eigenvalue weighted by Crippen LogP contribution is -2.39. The van der Waals surface area contributed by atoms with Crippen LogP contribution in [0.15, 0.2) is 35.5 Å². The van der Waals surface area contributed by atoms with Crippen LogP contribution in [0, 0.1) is 0 Å².